The second-order valence-electron chi connectivity index (χ2n) is 3.87. The molecule has 0 aliphatic heterocycles. The molecule has 96 valence electrons. The van der Waals surface area contributed by atoms with Crippen LogP contribution in [0.1, 0.15) is 0 Å². The molecule has 0 atom stereocenters. The van der Waals surface area contributed by atoms with Gasteiger partial charge in [-0.25, -0.2) is 4.98 Å². The Hall–Kier alpha value is -2.63. The lowest BCUT2D eigenvalue weighted by Crippen LogP contribution is -1.97. The van der Waals surface area contributed by atoms with Crippen LogP contribution in [0.5, 0.6) is 11.5 Å². The molecule has 0 amide bonds. The normalized spacial score (nSPS) is 10.6. The topological polar surface area (TPSA) is 61.5 Å². The SMILES string of the molecule is COc1ccc(-c2ccnc3ncnn23)cc1OC. The van der Waals surface area contributed by atoms with Crippen LogP contribution in [0.15, 0.2) is 36.8 Å². The maximum Gasteiger partial charge on any atom is 0.252 e. The van der Waals surface area contributed by atoms with Crippen molar-refractivity contribution in [1.29, 1.82) is 0 Å². The zero-order valence-corrected chi connectivity index (χ0v) is 10.6. The fourth-order valence-electron chi connectivity index (χ4n) is 1.95. The summed E-state index contributed by atoms with van der Waals surface area (Å²) in [6.07, 6.45) is 3.18. The Morgan fingerprint density at radius 1 is 1.00 bits per heavy atom. The minimum atomic E-state index is 0.562. The minimum absolute atomic E-state index is 0.562. The van der Waals surface area contributed by atoms with Crippen molar-refractivity contribution >= 4 is 5.78 Å². The number of hydrogen-bond acceptors (Lipinski definition) is 5. The third-order valence-corrected chi connectivity index (χ3v) is 2.86. The number of rotatable bonds is 3. The van der Waals surface area contributed by atoms with E-state index in [0.717, 1.165) is 11.3 Å². The van der Waals surface area contributed by atoms with E-state index in [1.54, 1.807) is 24.9 Å². The first kappa shape index (κ1) is 11.5. The molecule has 0 fully saturated rings. The van der Waals surface area contributed by atoms with Crippen molar-refractivity contribution in [1.82, 2.24) is 19.6 Å². The first-order chi connectivity index (χ1) is 9.33. The Balaban J connectivity index is 2.19. The van der Waals surface area contributed by atoms with Gasteiger partial charge in [0.1, 0.15) is 6.33 Å². The fraction of sp³-hybridized carbons (Fsp3) is 0.154. The van der Waals surface area contributed by atoms with Crippen molar-refractivity contribution in [3.63, 3.8) is 0 Å². The van der Waals surface area contributed by atoms with Crippen molar-refractivity contribution in [3.05, 3.63) is 36.8 Å². The van der Waals surface area contributed by atoms with Crippen molar-refractivity contribution in [3.8, 4) is 22.8 Å². The molecule has 6 nitrogen and oxygen atoms in total. The molecule has 0 aliphatic rings. The Morgan fingerprint density at radius 3 is 2.63 bits per heavy atom. The van der Waals surface area contributed by atoms with Gasteiger partial charge in [-0.1, -0.05) is 0 Å². The van der Waals surface area contributed by atoms with E-state index < -0.39 is 0 Å². The molecule has 0 aliphatic carbocycles. The van der Waals surface area contributed by atoms with Gasteiger partial charge >= 0.3 is 0 Å². The molecular weight excluding hydrogens is 244 g/mol. The van der Waals surface area contributed by atoms with Crippen LogP contribution < -0.4 is 9.47 Å². The highest BCUT2D eigenvalue weighted by Crippen LogP contribution is 2.31. The van der Waals surface area contributed by atoms with Crippen LogP contribution in [0.2, 0.25) is 0 Å². The maximum atomic E-state index is 5.31. The lowest BCUT2D eigenvalue weighted by atomic mass is 10.1. The lowest BCUT2D eigenvalue weighted by molar-refractivity contribution is 0.355. The van der Waals surface area contributed by atoms with E-state index in [2.05, 4.69) is 15.1 Å². The first-order valence-electron chi connectivity index (χ1n) is 5.70. The summed E-state index contributed by atoms with van der Waals surface area (Å²) in [7, 11) is 3.22. The fourth-order valence-corrected chi connectivity index (χ4v) is 1.95. The predicted molar refractivity (Wildman–Crippen MR) is 69.3 cm³/mol. The van der Waals surface area contributed by atoms with Gasteiger partial charge in [-0.2, -0.15) is 14.6 Å². The molecule has 0 N–H and O–H groups in total. The highest BCUT2D eigenvalue weighted by molar-refractivity contribution is 5.65. The van der Waals surface area contributed by atoms with Gasteiger partial charge in [0.25, 0.3) is 5.78 Å². The standard InChI is InChI=1S/C13H12N4O2/c1-18-11-4-3-9(7-12(11)19-2)10-5-6-14-13-15-8-16-17(10)13/h3-8H,1-2H3. The van der Waals surface area contributed by atoms with Gasteiger partial charge in [-0.3, -0.25) is 0 Å². The zero-order chi connectivity index (χ0) is 13.2. The van der Waals surface area contributed by atoms with Gasteiger partial charge < -0.3 is 9.47 Å². The van der Waals surface area contributed by atoms with E-state index >= 15 is 0 Å². The van der Waals surface area contributed by atoms with E-state index in [0.29, 0.717) is 17.3 Å². The second-order valence-corrected chi connectivity index (χ2v) is 3.87. The highest BCUT2D eigenvalue weighted by atomic mass is 16.5. The number of hydrogen-bond donors (Lipinski definition) is 0. The maximum absolute atomic E-state index is 5.31. The van der Waals surface area contributed by atoms with Gasteiger partial charge in [0, 0.05) is 11.8 Å². The number of nitrogens with zero attached hydrogens (tertiary/aromatic N) is 4. The van der Waals surface area contributed by atoms with Crippen LogP contribution >= 0.6 is 0 Å². The Bertz CT molecular complexity index is 723. The first-order valence-corrected chi connectivity index (χ1v) is 5.70. The summed E-state index contributed by atoms with van der Waals surface area (Å²) >= 11 is 0. The average Bonchev–Trinajstić information content (AvgIpc) is 2.94. The molecule has 19 heavy (non-hydrogen) atoms. The average molecular weight is 256 g/mol. The quantitative estimate of drug-likeness (QED) is 0.715. The molecule has 0 radical (unpaired) electrons. The van der Waals surface area contributed by atoms with Crippen LogP contribution in [0, 0.1) is 0 Å². The van der Waals surface area contributed by atoms with Crippen molar-refractivity contribution in [2.75, 3.05) is 14.2 Å². The van der Waals surface area contributed by atoms with Crippen molar-refractivity contribution in [2.24, 2.45) is 0 Å². The molecule has 3 rings (SSSR count). The Morgan fingerprint density at radius 2 is 1.84 bits per heavy atom. The van der Waals surface area contributed by atoms with Crippen LogP contribution in [0.3, 0.4) is 0 Å². The van der Waals surface area contributed by atoms with Gasteiger partial charge in [0.15, 0.2) is 11.5 Å². The summed E-state index contributed by atoms with van der Waals surface area (Å²) in [6.45, 7) is 0. The summed E-state index contributed by atoms with van der Waals surface area (Å²) in [5.74, 6) is 1.92. The second kappa shape index (κ2) is 4.56. The summed E-state index contributed by atoms with van der Waals surface area (Å²) in [4.78, 5) is 8.20. The molecule has 1 aromatic carbocycles. The lowest BCUT2D eigenvalue weighted by Gasteiger charge is -2.10. The number of fused-ring (bicyclic) bond motifs is 1. The molecule has 3 aromatic rings. The predicted octanol–water partition coefficient (Wildman–Crippen LogP) is 1.81. The van der Waals surface area contributed by atoms with Crippen LogP contribution in [-0.4, -0.2) is 33.8 Å². The number of aromatic nitrogens is 4. The Kier molecular flexibility index (Phi) is 2.75. The van der Waals surface area contributed by atoms with Crippen LogP contribution in [0.25, 0.3) is 17.0 Å². The van der Waals surface area contributed by atoms with E-state index in [9.17, 15) is 0 Å². The molecular formula is C13H12N4O2. The number of ether oxygens (including phenoxy) is 2. The summed E-state index contributed by atoms with van der Waals surface area (Å²) in [5, 5.41) is 4.16. The monoisotopic (exact) mass is 256 g/mol. The summed E-state index contributed by atoms with van der Waals surface area (Å²) < 4.78 is 12.2. The van der Waals surface area contributed by atoms with E-state index in [-0.39, 0.29) is 0 Å². The van der Waals surface area contributed by atoms with Gasteiger partial charge in [-0.05, 0) is 24.3 Å². The third kappa shape index (κ3) is 1.87. The molecule has 6 heteroatoms. The molecule has 0 saturated heterocycles. The minimum Gasteiger partial charge on any atom is -0.493 e. The molecule has 0 spiro atoms. The van der Waals surface area contributed by atoms with E-state index in [1.165, 1.54) is 6.33 Å². The zero-order valence-electron chi connectivity index (χ0n) is 10.6. The third-order valence-electron chi connectivity index (χ3n) is 2.86. The van der Waals surface area contributed by atoms with Crippen molar-refractivity contribution < 1.29 is 9.47 Å². The Labute approximate surface area is 109 Å². The van der Waals surface area contributed by atoms with Gasteiger partial charge in [0.05, 0.1) is 19.9 Å². The summed E-state index contributed by atoms with van der Waals surface area (Å²) in [6, 6.07) is 7.58. The summed E-state index contributed by atoms with van der Waals surface area (Å²) in [5.41, 5.74) is 1.85. The van der Waals surface area contributed by atoms with Crippen LogP contribution in [-0.2, 0) is 0 Å². The largest absolute Gasteiger partial charge is 0.493 e. The molecule has 0 unspecified atom stereocenters. The molecule has 2 aromatic heterocycles. The number of benzene rings is 1. The van der Waals surface area contributed by atoms with Gasteiger partial charge in [0.2, 0.25) is 0 Å². The highest BCUT2D eigenvalue weighted by Gasteiger charge is 2.09. The van der Waals surface area contributed by atoms with Gasteiger partial charge in [-0.15, -0.1) is 0 Å². The van der Waals surface area contributed by atoms with Crippen LogP contribution in [0.4, 0.5) is 0 Å². The molecule has 0 saturated carbocycles. The van der Waals surface area contributed by atoms with Crippen molar-refractivity contribution in [2.45, 2.75) is 0 Å². The molecule has 2 heterocycles. The smallest absolute Gasteiger partial charge is 0.252 e. The van der Waals surface area contributed by atoms with E-state index in [4.69, 9.17) is 9.47 Å². The molecule has 0 bridgehead atoms. The van der Waals surface area contributed by atoms with E-state index in [1.807, 2.05) is 24.3 Å². The number of methoxy groups -OCH3 is 2.